The van der Waals surface area contributed by atoms with E-state index in [2.05, 4.69) is 4.98 Å². The van der Waals surface area contributed by atoms with Crippen LogP contribution in [0.4, 0.5) is 0 Å². The highest BCUT2D eigenvalue weighted by Gasteiger charge is 2.24. The van der Waals surface area contributed by atoms with Crippen LogP contribution in [0.25, 0.3) is 0 Å². The van der Waals surface area contributed by atoms with E-state index in [0.717, 1.165) is 18.7 Å². The summed E-state index contributed by atoms with van der Waals surface area (Å²) in [7, 11) is 0. The second-order valence-corrected chi connectivity index (χ2v) is 3.99. The predicted molar refractivity (Wildman–Crippen MR) is 57.5 cm³/mol. The van der Waals surface area contributed by atoms with Crippen LogP contribution >= 0.6 is 0 Å². The molecule has 0 aromatic carbocycles. The van der Waals surface area contributed by atoms with Crippen molar-refractivity contribution in [3.63, 3.8) is 0 Å². The molecule has 1 aliphatic heterocycles. The summed E-state index contributed by atoms with van der Waals surface area (Å²) < 4.78 is 0. The van der Waals surface area contributed by atoms with Gasteiger partial charge in [-0.25, -0.2) is 0 Å². The summed E-state index contributed by atoms with van der Waals surface area (Å²) in [6, 6.07) is 3.80. The number of nitrogens with zero attached hydrogens (tertiary/aromatic N) is 2. The van der Waals surface area contributed by atoms with Crippen molar-refractivity contribution in [1.29, 1.82) is 0 Å². The smallest absolute Gasteiger partial charge is 0.255 e. The predicted octanol–water partition coefficient (Wildman–Crippen LogP) is 0.563. The quantitative estimate of drug-likeness (QED) is 0.729. The zero-order valence-corrected chi connectivity index (χ0v) is 8.81. The number of amides is 1. The highest BCUT2D eigenvalue weighted by atomic mass is 16.2. The minimum absolute atomic E-state index is 0.0375. The van der Waals surface area contributed by atoms with Gasteiger partial charge in [-0.3, -0.25) is 9.78 Å². The Morgan fingerprint density at radius 1 is 1.60 bits per heavy atom. The molecule has 2 rings (SSSR count). The van der Waals surface area contributed by atoms with E-state index in [-0.39, 0.29) is 11.9 Å². The molecule has 1 saturated heterocycles. The Hall–Kier alpha value is -1.42. The minimum Gasteiger partial charge on any atom is -0.337 e. The fourth-order valence-electron chi connectivity index (χ4n) is 1.75. The number of aryl methyl sites for hydroxylation is 1. The maximum atomic E-state index is 11.9. The van der Waals surface area contributed by atoms with Crippen molar-refractivity contribution in [3.05, 3.63) is 29.6 Å². The third-order valence-electron chi connectivity index (χ3n) is 2.67. The summed E-state index contributed by atoms with van der Waals surface area (Å²) in [6.45, 7) is 3.32. The van der Waals surface area contributed by atoms with Gasteiger partial charge in [0, 0.05) is 31.0 Å². The summed E-state index contributed by atoms with van der Waals surface area (Å²) in [6.07, 6.45) is 2.52. The Morgan fingerprint density at radius 2 is 2.40 bits per heavy atom. The van der Waals surface area contributed by atoms with E-state index in [4.69, 9.17) is 5.73 Å². The van der Waals surface area contributed by atoms with E-state index in [1.165, 1.54) is 0 Å². The second kappa shape index (κ2) is 3.98. The zero-order valence-electron chi connectivity index (χ0n) is 8.81. The van der Waals surface area contributed by atoms with Crippen LogP contribution in [0.3, 0.4) is 0 Å². The van der Waals surface area contributed by atoms with Gasteiger partial charge in [0.2, 0.25) is 0 Å². The first kappa shape index (κ1) is 10.1. The molecule has 80 valence electrons. The van der Waals surface area contributed by atoms with Crippen LogP contribution in [0.1, 0.15) is 22.5 Å². The van der Waals surface area contributed by atoms with E-state index >= 15 is 0 Å². The molecular weight excluding hydrogens is 190 g/mol. The second-order valence-electron chi connectivity index (χ2n) is 3.99. The van der Waals surface area contributed by atoms with Crippen molar-refractivity contribution in [2.45, 2.75) is 19.4 Å². The Balaban J connectivity index is 2.11. The molecule has 0 bridgehead atoms. The summed E-state index contributed by atoms with van der Waals surface area (Å²) in [4.78, 5) is 17.8. The highest BCUT2D eigenvalue weighted by molar-refractivity contribution is 5.94. The van der Waals surface area contributed by atoms with Crippen LogP contribution in [0.2, 0.25) is 0 Å². The molecule has 1 aliphatic rings. The first-order valence-corrected chi connectivity index (χ1v) is 5.14. The number of aromatic nitrogens is 1. The third kappa shape index (κ3) is 2.15. The molecule has 0 saturated carbocycles. The largest absolute Gasteiger partial charge is 0.337 e. The Kier molecular flexibility index (Phi) is 2.68. The van der Waals surface area contributed by atoms with Crippen LogP contribution in [0.5, 0.6) is 0 Å². The summed E-state index contributed by atoms with van der Waals surface area (Å²) in [5.41, 5.74) is 7.32. The Morgan fingerprint density at radius 3 is 2.93 bits per heavy atom. The SMILES string of the molecule is Cc1ccc(C(=O)N2CC[C@@H](N)C2)cn1. The molecule has 2 N–H and O–H groups in total. The van der Waals surface area contributed by atoms with Gasteiger partial charge in [-0.2, -0.15) is 0 Å². The molecule has 15 heavy (non-hydrogen) atoms. The van der Waals surface area contributed by atoms with Gasteiger partial charge in [-0.1, -0.05) is 0 Å². The molecule has 1 amide bonds. The van der Waals surface area contributed by atoms with Gasteiger partial charge in [-0.05, 0) is 25.5 Å². The number of nitrogens with two attached hydrogens (primary N) is 1. The number of carbonyl (C=O) groups is 1. The fourth-order valence-corrected chi connectivity index (χ4v) is 1.75. The van der Waals surface area contributed by atoms with E-state index in [9.17, 15) is 4.79 Å². The number of hydrogen-bond donors (Lipinski definition) is 1. The number of pyridine rings is 1. The molecule has 1 fully saturated rings. The van der Waals surface area contributed by atoms with Crippen molar-refractivity contribution in [1.82, 2.24) is 9.88 Å². The van der Waals surface area contributed by atoms with Gasteiger partial charge in [0.25, 0.3) is 5.91 Å². The summed E-state index contributed by atoms with van der Waals surface area (Å²) >= 11 is 0. The lowest BCUT2D eigenvalue weighted by molar-refractivity contribution is 0.0790. The Labute approximate surface area is 89.1 Å². The topological polar surface area (TPSA) is 59.2 Å². The normalized spacial score (nSPS) is 20.7. The minimum atomic E-state index is 0.0375. The van der Waals surface area contributed by atoms with Crippen molar-refractivity contribution in [2.75, 3.05) is 13.1 Å². The lowest BCUT2D eigenvalue weighted by Crippen LogP contribution is -2.31. The average Bonchev–Trinajstić information content (AvgIpc) is 2.65. The van der Waals surface area contributed by atoms with Crippen LogP contribution in [0, 0.1) is 6.92 Å². The summed E-state index contributed by atoms with van der Waals surface area (Å²) in [5.74, 6) is 0.0375. The van der Waals surface area contributed by atoms with E-state index in [0.29, 0.717) is 12.1 Å². The molecule has 0 spiro atoms. The molecule has 0 radical (unpaired) electrons. The van der Waals surface area contributed by atoms with Gasteiger partial charge in [0.15, 0.2) is 0 Å². The van der Waals surface area contributed by atoms with Crippen LogP contribution in [-0.4, -0.2) is 34.9 Å². The zero-order chi connectivity index (χ0) is 10.8. The van der Waals surface area contributed by atoms with Gasteiger partial charge in [-0.15, -0.1) is 0 Å². The molecule has 1 aromatic rings. The van der Waals surface area contributed by atoms with Crippen molar-refractivity contribution in [3.8, 4) is 0 Å². The molecule has 4 heteroatoms. The van der Waals surface area contributed by atoms with Gasteiger partial charge < -0.3 is 10.6 Å². The van der Waals surface area contributed by atoms with Gasteiger partial charge >= 0.3 is 0 Å². The number of hydrogen-bond acceptors (Lipinski definition) is 3. The third-order valence-corrected chi connectivity index (χ3v) is 2.67. The molecule has 4 nitrogen and oxygen atoms in total. The van der Waals surface area contributed by atoms with Crippen molar-refractivity contribution in [2.24, 2.45) is 5.73 Å². The van der Waals surface area contributed by atoms with Gasteiger partial charge in [0.05, 0.1) is 5.56 Å². The molecule has 2 heterocycles. The number of rotatable bonds is 1. The highest BCUT2D eigenvalue weighted by Crippen LogP contribution is 2.11. The summed E-state index contributed by atoms with van der Waals surface area (Å²) in [5, 5.41) is 0. The lowest BCUT2D eigenvalue weighted by Gasteiger charge is -2.15. The molecule has 0 aliphatic carbocycles. The van der Waals surface area contributed by atoms with Crippen LogP contribution in [0.15, 0.2) is 18.3 Å². The lowest BCUT2D eigenvalue weighted by atomic mass is 10.2. The standard InChI is InChI=1S/C11H15N3O/c1-8-2-3-9(6-13-8)11(15)14-5-4-10(12)7-14/h2-3,6,10H,4-5,7,12H2,1H3/t10-/m1/s1. The maximum Gasteiger partial charge on any atom is 0.255 e. The van der Waals surface area contributed by atoms with E-state index < -0.39 is 0 Å². The maximum absolute atomic E-state index is 11.9. The average molecular weight is 205 g/mol. The number of carbonyl (C=O) groups excluding carboxylic acids is 1. The first-order chi connectivity index (χ1) is 7.16. The number of likely N-dealkylation sites (tertiary alicyclic amines) is 1. The molecule has 1 atom stereocenters. The monoisotopic (exact) mass is 205 g/mol. The van der Waals surface area contributed by atoms with Crippen molar-refractivity contribution < 1.29 is 4.79 Å². The molecule has 0 unspecified atom stereocenters. The fraction of sp³-hybridized carbons (Fsp3) is 0.455. The Bertz CT molecular complexity index is 361. The first-order valence-electron chi connectivity index (χ1n) is 5.14. The van der Waals surface area contributed by atoms with Crippen LogP contribution < -0.4 is 5.73 Å². The molecular formula is C11H15N3O. The van der Waals surface area contributed by atoms with Crippen LogP contribution in [-0.2, 0) is 0 Å². The van der Waals surface area contributed by atoms with E-state index in [1.807, 2.05) is 19.1 Å². The van der Waals surface area contributed by atoms with Crippen molar-refractivity contribution >= 4 is 5.91 Å². The van der Waals surface area contributed by atoms with Gasteiger partial charge in [0.1, 0.15) is 0 Å². The molecule has 1 aromatic heterocycles. The van der Waals surface area contributed by atoms with E-state index in [1.54, 1.807) is 11.1 Å².